The SMILES string of the molecule is CCOCCC(=O)Nc1cccc(C#CCCO)n1. The fraction of sp³-hybridized carbons (Fsp3) is 0.429. The first kappa shape index (κ1) is 15.2. The summed E-state index contributed by atoms with van der Waals surface area (Å²) in [5, 5.41) is 11.3. The maximum absolute atomic E-state index is 11.6. The van der Waals surface area contributed by atoms with Crippen LogP contribution in [-0.2, 0) is 9.53 Å². The summed E-state index contributed by atoms with van der Waals surface area (Å²) in [7, 11) is 0. The van der Waals surface area contributed by atoms with Crippen LogP contribution in [0, 0.1) is 11.8 Å². The molecule has 0 saturated carbocycles. The molecule has 0 aromatic carbocycles. The van der Waals surface area contributed by atoms with E-state index in [9.17, 15) is 4.79 Å². The Morgan fingerprint density at radius 3 is 3.11 bits per heavy atom. The Kier molecular flexibility index (Phi) is 7.25. The normalized spacial score (nSPS) is 9.58. The molecule has 0 fully saturated rings. The van der Waals surface area contributed by atoms with Crippen molar-refractivity contribution in [1.29, 1.82) is 0 Å². The van der Waals surface area contributed by atoms with Gasteiger partial charge in [-0.1, -0.05) is 12.0 Å². The number of aromatic nitrogens is 1. The van der Waals surface area contributed by atoms with E-state index in [4.69, 9.17) is 9.84 Å². The average molecular weight is 262 g/mol. The fourth-order valence-electron chi connectivity index (χ4n) is 1.30. The lowest BCUT2D eigenvalue weighted by atomic mass is 10.3. The second-order valence-corrected chi connectivity index (χ2v) is 3.68. The topological polar surface area (TPSA) is 71.5 Å². The smallest absolute Gasteiger partial charge is 0.227 e. The van der Waals surface area contributed by atoms with E-state index >= 15 is 0 Å². The highest BCUT2D eigenvalue weighted by atomic mass is 16.5. The predicted molar refractivity (Wildman–Crippen MR) is 72.6 cm³/mol. The third-order valence-corrected chi connectivity index (χ3v) is 2.15. The van der Waals surface area contributed by atoms with Gasteiger partial charge in [0.2, 0.25) is 5.91 Å². The van der Waals surface area contributed by atoms with Crippen LogP contribution in [0.3, 0.4) is 0 Å². The highest BCUT2D eigenvalue weighted by molar-refractivity contribution is 5.89. The van der Waals surface area contributed by atoms with Gasteiger partial charge in [0.05, 0.1) is 19.6 Å². The molecule has 5 nitrogen and oxygen atoms in total. The summed E-state index contributed by atoms with van der Waals surface area (Å²) in [6.07, 6.45) is 0.711. The molecule has 19 heavy (non-hydrogen) atoms. The Hall–Kier alpha value is -1.90. The van der Waals surface area contributed by atoms with Crippen molar-refractivity contribution in [3.8, 4) is 11.8 Å². The Bertz CT molecular complexity index is 463. The average Bonchev–Trinajstić information content (AvgIpc) is 2.40. The summed E-state index contributed by atoms with van der Waals surface area (Å²) in [5.74, 6) is 5.93. The molecule has 0 aliphatic heterocycles. The predicted octanol–water partition coefficient (Wildman–Crippen LogP) is 1.18. The van der Waals surface area contributed by atoms with Gasteiger partial charge in [-0.05, 0) is 25.0 Å². The molecule has 1 aromatic heterocycles. The molecular formula is C14H18N2O3. The molecule has 0 saturated heterocycles. The van der Waals surface area contributed by atoms with E-state index in [1.165, 1.54) is 0 Å². The molecule has 102 valence electrons. The first-order chi connectivity index (χ1) is 9.26. The summed E-state index contributed by atoms with van der Waals surface area (Å²) in [6.45, 7) is 2.91. The van der Waals surface area contributed by atoms with Crippen LogP contribution in [0.4, 0.5) is 5.82 Å². The lowest BCUT2D eigenvalue weighted by molar-refractivity contribution is -0.117. The zero-order valence-corrected chi connectivity index (χ0v) is 11.0. The van der Waals surface area contributed by atoms with Crippen LogP contribution in [0.15, 0.2) is 18.2 Å². The number of aliphatic hydroxyl groups excluding tert-OH is 1. The molecule has 0 radical (unpaired) electrons. The molecule has 1 rings (SSSR count). The number of anilines is 1. The molecule has 0 unspecified atom stereocenters. The maximum atomic E-state index is 11.6. The van der Waals surface area contributed by atoms with Crippen molar-refractivity contribution >= 4 is 11.7 Å². The Morgan fingerprint density at radius 2 is 2.37 bits per heavy atom. The van der Waals surface area contributed by atoms with E-state index in [1.807, 2.05) is 6.92 Å². The van der Waals surface area contributed by atoms with Crippen LogP contribution in [0.2, 0.25) is 0 Å². The van der Waals surface area contributed by atoms with E-state index in [0.717, 1.165) is 0 Å². The van der Waals surface area contributed by atoms with Gasteiger partial charge >= 0.3 is 0 Å². The molecule has 0 spiro atoms. The second-order valence-electron chi connectivity index (χ2n) is 3.68. The number of pyridine rings is 1. The number of nitrogens with zero attached hydrogens (tertiary/aromatic N) is 1. The quantitative estimate of drug-likeness (QED) is 0.596. The molecule has 1 amide bonds. The van der Waals surface area contributed by atoms with Gasteiger partial charge in [0, 0.05) is 13.0 Å². The van der Waals surface area contributed by atoms with Gasteiger partial charge in [0.15, 0.2) is 0 Å². The third kappa shape index (κ3) is 6.55. The van der Waals surface area contributed by atoms with E-state index in [2.05, 4.69) is 22.1 Å². The summed E-state index contributed by atoms with van der Waals surface area (Å²) < 4.78 is 5.10. The first-order valence-electron chi connectivity index (χ1n) is 6.20. The van der Waals surface area contributed by atoms with Crippen molar-refractivity contribution in [2.45, 2.75) is 19.8 Å². The van der Waals surface area contributed by atoms with Gasteiger partial charge in [0.1, 0.15) is 11.5 Å². The minimum Gasteiger partial charge on any atom is -0.395 e. The van der Waals surface area contributed by atoms with Gasteiger partial charge < -0.3 is 15.2 Å². The van der Waals surface area contributed by atoms with E-state index < -0.39 is 0 Å². The van der Waals surface area contributed by atoms with E-state index in [1.54, 1.807) is 18.2 Å². The van der Waals surface area contributed by atoms with Crippen LogP contribution in [0.25, 0.3) is 0 Å². The third-order valence-electron chi connectivity index (χ3n) is 2.15. The minimum absolute atomic E-state index is 0.0286. The van der Waals surface area contributed by atoms with Crippen LogP contribution >= 0.6 is 0 Å². The number of aliphatic hydroxyl groups is 1. The van der Waals surface area contributed by atoms with Crippen LogP contribution < -0.4 is 5.32 Å². The van der Waals surface area contributed by atoms with E-state index in [0.29, 0.717) is 37.6 Å². The van der Waals surface area contributed by atoms with Crippen LogP contribution in [0.1, 0.15) is 25.5 Å². The Morgan fingerprint density at radius 1 is 1.53 bits per heavy atom. The van der Waals surface area contributed by atoms with Crippen molar-refractivity contribution < 1.29 is 14.6 Å². The molecule has 0 bridgehead atoms. The van der Waals surface area contributed by atoms with Crippen molar-refractivity contribution in [2.24, 2.45) is 0 Å². The molecule has 2 N–H and O–H groups in total. The summed E-state index contributed by atoms with van der Waals surface area (Å²) in [5.41, 5.74) is 0.566. The van der Waals surface area contributed by atoms with Crippen LogP contribution in [-0.4, -0.2) is 35.8 Å². The van der Waals surface area contributed by atoms with Crippen molar-refractivity contribution in [3.63, 3.8) is 0 Å². The number of ether oxygens (including phenoxy) is 1. The molecule has 0 aliphatic rings. The largest absolute Gasteiger partial charge is 0.395 e. The van der Waals surface area contributed by atoms with E-state index in [-0.39, 0.29) is 12.5 Å². The fourth-order valence-corrected chi connectivity index (χ4v) is 1.30. The molecular weight excluding hydrogens is 244 g/mol. The number of carbonyl (C=O) groups is 1. The molecule has 1 aromatic rings. The maximum Gasteiger partial charge on any atom is 0.227 e. The summed E-state index contributed by atoms with van der Waals surface area (Å²) in [6, 6.07) is 5.23. The highest BCUT2D eigenvalue weighted by Crippen LogP contribution is 2.04. The lowest BCUT2D eigenvalue weighted by Crippen LogP contribution is -2.15. The molecule has 5 heteroatoms. The van der Waals surface area contributed by atoms with Gasteiger partial charge in [-0.25, -0.2) is 4.98 Å². The lowest BCUT2D eigenvalue weighted by Gasteiger charge is -2.04. The molecule has 1 heterocycles. The first-order valence-corrected chi connectivity index (χ1v) is 6.20. The Labute approximate surface area is 113 Å². The zero-order chi connectivity index (χ0) is 13.9. The highest BCUT2D eigenvalue weighted by Gasteiger charge is 2.03. The molecule has 0 aliphatic carbocycles. The summed E-state index contributed by atoms with van der Waals surface area (Å²) >= 11 is 0. The van der Waals surface area contributed by atoms with Crippen LogP contribution in [0.5, 0.6) is 0 Å². The second kappa shape index (κ2) is 9.09. The standard InChI is InChI=1S/C14H18N2O3/c1-2-19-11-9-14(18)16-13-8-5-7-12(15-13)6-3-4-10-17/h5,7-8,17H,2,4,9-11H2,1H3,(H,15,16,18). The van der Waals surface area contributed by atoms with Crippen molar-refractivity contribution in [1.82, 2.24) is 4.98 Å². The zero-order valence-electron chi connectivity index (χ0n) is 11.0. The number of hydrogen-bond acceptors (Lipinski definition) is 4. The number of carbonyl (C=O) groups excluding carboxylic acids is 1. The minimum atomic E-state index is -0.138. The Balaban J connectivity index is 2.52. The molecule has 0 atom stereocenters. The van der Waals surface area contributed by atoms with Gasteiger partial charge in [-0.2, -0.15) is 0 Å². The number of hydrogen-bond donors (Lipinski definition) is 2. The van der Waals surface area contributed by atoms with Gasteiger partial charge in [-0.3, -0.25) is 4.79 Å². The summed E-state index contributed by atoms with van der Waals surface area (Å²) in [4.78, 5) is 15.7. The monoisotopic (exact) mass is 262 g/mol. The van der Waals surface area contributed by atoms with Crippen molar-refractivity contribution in [2.75, 3.05) is 25.1 Å². The van der Waals surface area contributed by atoms with Gasteiger partial charge in [-0.15, -0.1) is 0 Å². The van der Waals surface area contributed by atoms with Gasteiger partial charge in [0.25, 0.3) is 0 Å². The number of rotatable bonds is 6. The van der Waals surface area contributed by atoms with Crippen molar-refractivity contribution in [3.05, 3.63) is 23.9 Å². The number of nitrogens with one attached hydrogen (secondary N) is 1. The number of amides is 1.